The number of aromatic nitrogens is 1. The summed E-state index contributed by atoms with van der Waals surface area (Å²) in [4.78, 5) is 33.1. The average molecular weight is 451 g/mol. The van der Waals surface area contributed by atoms with Gasteiger partial charge in [0.05, 0.1) is 12.5 Å². The highest BCUT2D eigenvalue weighted by Crippen LogP contribution is 2.23. The third-order valence-corrected chi connectivity index (χ3v) is 5.59. The highest BCUT2D eigenvalue weighted by Gasteiger charge is 2.41. The standard InChI is InChI=1S/C17H17N5O6S2/c1-28-21-14(13-9-29-17(18)20-13)15(23)19-12-4-2-3-10(7-12)5-6-11-8-22(16(11)24)30(25,26)27/h2-7,9,11H,8H2,1H3,(H2,18,20)(H,19,23)(H,25,26,27)/b6-5-,21-14-. The molecule has 2 aromatic rings. The van der Waals surface area contributed by atoms with Crippen molar-refractivity contribution in [1.82, 2.24) is 9.29 Å². The van der Waals surface area contributed by atoms with E-state index in [0.717, 1.165) is 11.3 Å². The molecule has 4 N–H and O–H groups in total. The monoisotopic (exact) mass is 451 g/mol. The first kappa shape index (κ1) is 21.4. The Labute approximate surface area is 175 Å². The molecule has 2 amide bonds. The van der Waals surface area contributed by atoms with Crippen molar-refractivity contribution in [3.63, 3.8) is 0 Å². The number of anilines is 2. The van der Waals surface area contributed by atoms with Crippen LogP contribution in [0.4, 0.5) is 10.8 Å². The van der Waals surface area contributed by atoms with Gasteiger partial charge in [-0.05, 0) is 17.7 Å². The molecule has 1 unspecified atom stereocenters. The maximum Gasteiger partial charge on any atom is 0.362 e. The van der Waals surface area contributed by atoms with Crippen molar-refractivity contribution in [1.29, 1.82) is 0 Å². The number of β-lactam (4-membered cyclic amide) rings is 1. The van der Waals surface area contributed by atoms with E-state index in [1.165, 1.54) is 13.2 Å². The Morgan fingerprint density at radius 3 is 2.87 bits per heavy atom. The van der Waals surface area contributed by atoms with E-state index in [0.29, 0.717) is 15.6 Å². The van der Waals surface area contributed by atoms with Gasteiger partial charge in [0.25, 0.3) is 5.91 Å². The fraction of sp³-hybridized carbons (Fsp3) is 0.176. The lowest BCUT2D eigenvalue weighted by Crippen LogP contribution is -2.54. The Hall–Kier alpha value is -3.29. The average Bonchev–Trinajstić information content (AvgIpc) is 3.10. The molecule has 1 aliphatic heterocycles. The maximum atomic E-state index is 12.6. The molecule has 1 aliphatic rings. The van der Waals surface area contributed by atoms with Crippen LogP contribution in [0, 0.1) is 5.92 Å². The van der Waals surface area contributed by atoms with Crippen molar-refractivity contribution in [2.24, 2.45) is 11.1 Å². The smallest absolute Gasteiger partial charge is 0.362 e. The molecule has 0 radical (unpaired) electrons. The predicted octanol–water partition coefficient (Wildman–Crippen LogP) is 0.989. The Morgan fingerprint density at radius 1 is 1.50 bits per heavy atom. The minimum Gasteiger partial charge on any atom is -0.398 e. The van der Waals surface area contributed by atoms with E-state index in [1.807, 2.05) is 0 Å². The van der Waals surface area contributed by atoms with Gasteiger partial charge in [0.15, 0.2) is 10.8 Å². The Kier molecular flexibility index (Phi) is 6.14. The highest BCUT2D eigenvalue weighted by atomic mass is 32.2. The summed E-state index contributed by atoms with van der Waals surface area (Å²) in [6.07, 6.45) is 3.14. The number of hydrogen-bond donors (Lipinski definition) is 3. The number of amides is 2. The van der Waals surface area contributed by atoms with Gasteiger partial charge in [-0.25, -0.2) is 9.29 Å². The minimum absolute atomic E-state index is 0.0447. The minimum atomic E-state index is -4.52. The van der Waals surface area contributed by atoms with E-state index in [-0.39, 0.29) is 23.1 Å². The number of hydrogen-bond acceptors (Lipinski definition) is 9. The molecular formula is C17H17N5O6S2. The van der Waals surface area contributed by atoms with Gasteiger partial charge in [0.2, 0.25) is 5.91 Å². The topological polar surface area (TPSA) is 164 Å². The maximum absolute atomic E-state index is 12.6. The largest absolute Gasteiger partial charge is 0.398 e. The number of nitrogens with two attached hydrogens (primary N) is 1. The number of thiazole rings is 1. The van der Waals surface area contributed by atoms with Crippen LogP contribution in [-0.2, 0) is 24.7 Å². The van der Waals surface area contributed by atoms with Crippen LogP contribution in [0.5, 0.6) is 0 Å². The van der Waals surface area contributed by atoms with Gasteiger partial charge in [0, 0.05) is 11.1 Å². The molecule has 2 heterocycles. The number of carbonyl (C=O) groups is 2. The zero-order chi connectivity index (χ0) is 21.9. The second-order valence-corrected chi connectivity index (χ2v) is 8.31. The lowest BCUT2D eigenvalue weighted by molar-refractivity contribution is -0.137. The van der Waals surface area contributed by atoms with Gasteiger partial charge in [-0.3, -0.25) is 14.1 Å². The van der Waals surface area contributed by atoms with Crippen LogP contribution in [0.2, 0.25) is 0 Å². The number of nitrogens with zero attached hydrogens (tertiary/aromatic N) is 3. The molecule has 1 aromatic heterocycles. The molecule has 1 aromatic carbocycles. The Morgan fingerprint density at radius 2 is 2.27 bits per heavy atom. The summed E-state index contributed by atoms with van der Waals surface area (Å²) < 4.78 is 31.2. The third kappa shape index (κ3) is 4.82. The molecule has 13 heteroatoms. The van der Waals surface area contributed by atoms with Crippen molar-refractivity contribution in [2.45, 2.75) is 0 Å². The molecular weight excluding hydrogens is 434 g/mol. The van der Waals surface area contributed by atoms with E-state index in [4.69, 9.17) is 15.1 Å². The van der Waals surface area contributed by atoms with Crippen LogP contribution in [0.1, 0.15) is 11.3 Å². The first-order chi connectivity index (χ1) is 14.2. The molecule has 0 aliphatic carbocycles. The summed E-state index contributed by atoms with van der Waals surface area (Å²) >= 11 is 1.16. The van der Waals surface area contributed by atoms with Crippen LogP contribution in [0.25, 0.3) is 6.08 Å². The van der Waals surface area contributed by atoms with Gasteiger partial charge >= 0.3 is 10.3 Å². The van der Waals surface area contributed by atoms with E-state index in [1.54, 1.807) is 35.7 Å². The summed E-state index contributed by atoms with van der Waals surface area (Å²) in [5.74, 6) is -1.91. The number of rotatable bonds is 7. The van der Waals surface area contributed by atoms with Gasteiger partial charge in [-0.2, -0.15) is 8.42 Å². The zero-order valence-electron chi connectivity index (χ0n) is 15.5. The van der Waals surface area contributed by atoms with E-state index in [9.17, 15) is 18.0 Å². The summed E-state index contributed by atoms with van der Waals surface area (Å²) in [5, 5.41) is 8.25. The van der Waals surface area contributed by atoms with Crippen molar-refractivity contribution in [3.05, 3.63) is 47.0 Å². The molecule has 3 rings (SSSR count). The second kappa shape index (κ2) is 8.61. The fourth-order valence-electron chi connectivity index (χ4n) is 2.60. The quantitative estimate of drug-likeness (QED) is 0.243. The number of carbonyl (C=O) groups excluding carboxylic acids is 2. The molecule has 1 fully saturated rings. The Balaban J connectivity index is 1.69. The SMILES string of the molecule is CO/N=C(\C(=O)Nc1cccc(/C=C\C2CN(S(=O)(=O)O)C2=O)c1)c1csc(N)n1. The molecule has 0 spiro atoms. The molecule has 30 heavy (non-hydrogen) atoms. The number of benzene rings is 1. The van der Waals surface area contributed by atoms with E-state index in [2.05, 4.69) is 15.5 Å². The molecule has 158 valence electrons. The van der Waals surface area contributed by atoms with Crippen LogP contribution >= 0.6 is 11.3 Å². The lowest BCUT2D eigenvalue weighted by atomic mass is 10.0. The van der Waals surface area contributed by atoms with Crippen molar-refractivity contribution < 1.29 is 27.4 Å². The molecule has 11 nitrogen and oxygen atoms in total. The van der Waals surface area contributed by atoms with Crippen molar-refractivity contribution in [2.75, 3.05) is 24.7 Å². The number of nitrogen functional groups attached to an aromatic ring is 1. The summed E-state index contributed by atoms with van der Waals surface area (Å²) in [5.41, 5.74) is 6.95. The molecule has 1 saturated heterocycles. The first-order valence-corrected chi connectivity index (χ1v) is 10.7. The van der Waals surface area contributed by atoms with E-state index < -0.39 is 28.0 Å². The predicted molar refractivity (Wildman–Crippen MR) is 111 cm³/mol. The summed E-state index contributed by atoms with van der Waals surface area (Å²) in [6.45, 7) is -0.127. The van der Waals surface area contributed by atoms with Gasteiger partial charge in [-0.15, -0.1) is 11.3 Å². The highest BCUT2D eigenvalue weighted by molar-refractivity contribution is 7.84. The van der Waals surface area contributed by atoms with Gasteiger partial charge in [-0.1, -0.05) is 29.4 Å². The van der Waals surface area contributed by atoms with Crippen molar-refractivity contribution in [3.8, 4) is 0 Å². The van der Waals surface area contributed by atoms with Crippen LogP contribution < -0.4 is 11.1 Å². The molecule has 1 atom stereocenters. The lowest BCUT2D eigenvalue weighted by Gasteiger charge is -2.33. The van der Waals surface area contributed by atoms with Crippen LogP contribution in [0.3, 0.4) is 0 Å². The van der Waals surface area contributed by atoms with Crippen molar-refractivity contribution >= 4 is 56.1 Å². The Bertz CT molecular complexity index is 1140. The van der Waals surface area contributed by atoms with Gasteiger partial charge < -0.3 is 15.9 Å². The first-order valence-electron chi connectivity index (χ1n) is 8.40. The molecule has 0 saturated carbocycles. The normalized spacial score (nSPS) is 17.1. The third-order valence-electron chi connectivity index (χ3n) is 4.03. The summed E-state index contributed by atoms with van der Waals surface area (Å²) in [7, 11) is -3.21. The fourth-order valence-corrected chi connectivity index (χ4v) is 3.86. The second-order valence-electron chi connectivity index (χ2n) is 6.09. The van der Waals surface area contributed by atoms with E-state index >= 15 is 0 Å². The number of nitrogens with one attached hydrogen (secondary N) is 1. The summed E-state index contributed by atoms with van der Waals surface area (Å²) in [6, 6.07) is 6.74. The zero-order valence-corrected chi connectivity index (χ0v) is 17.2. The number of oxime groups is 1. The van der Waals surface area contributed by atoms with Crippen LogP contribution in [-0.4, -0.2) is 53.4 Å². The van der Waals surface area contributed by atoms with Crippen LogP contribution in [0.15, 0.2) is 40.9 Å². The molecule has 0 bridgehead atoms. The van der Waals surface area contributed by atoms with Gasteiger partial charge in [0.1, 0.15) is 12.8 Å².